The zero-order valence-corrected chi connectivity index (χ0v) is 10.9. The first-order chi connectivity index (χ1) is 7.84. The van der Waals surface area contributed by atoms with Gasteiger partial charge in [0.05, 0.1) is 18.8 Å². The van der Waals surface area contributed by atoms with Gasteiger partial charge in [0.25, 0.3) is 0 Å². The molecule has 1 aliphatic heterocycles. The van der Waals surface area contributed by atoms with E-state index in [2.05, 4.69) is 0 Å². The molecule has 102 valence electrons. The lowest BCUT2D eigenvalue weighted by molar-refractivity contribution is -0.243. The van der Waals surface area contributed by atoms with Crippen molar-refractivity contribution in [3.05, 3.63) is 0 Å². The summed E-state index contributed by atoms with van der Waals surface area (Å²) in [6.45, 7) is 7.80. The molecule has 0 amide bonds. The molecule has 1 heterocycles. The fraction of sp³-hybridized carbons (Fsp3) is 1.00. The van der Waals surface area contributed by atoms with Crippen molar-refractivity contribution in [2.75, 3.05) is 6.61 Å². The predicted molar refractivity (Wildman–Crippen MR) is 62.6 cm³/mol. The van der Waals surface area contributed by atoms with Crippen molar-refractivity contribution in [2.24, 2.45) is 5.92 Å². The standard InChI is InChI=1S/C12H24O5/c1-6(2)12-11(15)10(14)9(13)8(17-12)5-16-7(3)4/h6-15H,5H2,1-4H3/t8-,9-,10+,11-,12-/m1/s1. The van der Waals surface area contributed by atoms with Gasteiger partial charge in [-0.25, -0.2) is 0 Å². The maximum atomic E-state index is 9.81. The van der Waals surface area contributed by atoms with Crippen LogP contribution in [0.25, 0.3) is 0 Å². The second-order valence-electron chi connectivity index (χ2n) is 5.24. The Morgan fingerprint density at radius 3 is 2.06 bits per heavy atom. The summed E-state index contributed by atoms with van der Waals surface area (Å²) in [5.41, 5.74) is 0. The quantitative estimate of drug-likeness (QED) is 0.648. The van der Waals surface area contributed by atoms with Gasteiger partial charge in [-0.05, 0) is 19.8 Å². The average Bonchev–Trinajstić information content (AvgIpc) is 2.24. The van der Waals surface area contributed by atoms with Crippen molar-refractivity contribution >= 4 is 0 Å². The first kappa shape index (κ1) is 14.9. The molecule has 17 heavy (non-hydrogen) atoms. The lowest BCUT2D eigenvalue weighted by Gasteiger charge is -2.42. The van der Waals surface area contributed by atoms with Crippen LogP contribution in [0.2, 0.25) is 0 Å². The molecule has 0 aromatic rings. The molecule has 1 rings (SSSR count). The van der Waals surface area contributed by atoms with Gasteiger partial charge < -0.3 is 24.8 Å². The number of hydrogen-bond acceptors (Lipinski definition) is 5. The summed E-state index contributed by atoms with van der Waals surface area (Å²) >= 11 is 0. The van der Waals surface area contributed by atoms with Crippen molar-refractivity contribution in [2.45, 2.75) is 64.3 Å². The Morgan fingerprint density at radius 2 is 1.59 bits per heavy atom. The van der Waals surface area contributed by atoms with Crippen LogP contribution >= 0.6 is 0 Å². The maximum absolute atomic E-state index is 9.81. The third-order valence-corrected chi connectivity index (χ3v) is 3.00. The van der Waals surface area contributed by atoms with E-state index in [9.17, 15) is 15.3 Å². The largest absolute Gasteiger partial charge is 0.388 e. The van der Waals surface area contributed by atoms with Gasteiger partial charge >= 0.3 is 0 Å². The third-order valence-electron chi connectivity index (χ3n) is 3.00. The molecule has 1 aliphatic rings. The summed E-state index contributed by atoms with van der Waals surface area (Å²) < 4.78 is 11.0. The summed E-state index contributed by atoms with van der Waals surface area (Å²) in [7, 11) is 0. The summed E-state index contributed by atoms with van der Waals surface area (Å²) in [6, 6.07) is 0. The Bertz CT molecular complexity index is 231. The minimum atomic E-state index is -1.18. The number of aliphatic hydroxyl groups excluding tert-OH is 3. The highest BCUT2D eigenvalue weighted by Crippen LogP contribution is 2.26. The van der Waals surface area contributed by atoms with E-state index in [0.717, 1.165) is 0 Å². The molecule has 3 N–H and O–H groups in total. The van der Waals surface area contributed by atoms with Crippen molar-refractivity contribution in [3.63, 3.8) is 0 Å². The Kier molecular flexibility index (Phi) is 5.34. The van der Waals surface area contributed by atoms with E-state index in [-0.39, 0.29) is 18.6 Å². The summed E-state index contributed by atoms with van der Waals surface area (Å²) in [6.07, 6.45) is -4.39. The Morgan fingerprint density at radius 1 is 1.00 bits per heavy atom. The predicted octanol–water partition coefficient (Wildman–Crippen LogP) is -0.0825. The van der Waals surface area contributed by atoms with Crippen LogP contribution in [0.15, 0.2) is 0 Å². The molecule has 0 aromatic carbocycles. The molecule has 0 bridgehead atoms. The Hall–Kier alpha value is -0.200. The van der Waals surface area contributed by atoms with E-state index in [4.69, 9.17) is 9.47 Å². The highest BCUT2D eigenvalue weighted by Gasteiger charge is 2.44. The number of rotatable bonds is 4. The molecule has 0 aromatic heterocycles. The van der Waals surface area contributed by atoms with E-state index >= 15 is 0 Å². The normalized spacial score (nSPS) is 39.0. The van der Waals surface area contributed by atoms with Crippen molar-refractivity contribution < 1.29 is 24.8 Å². The monoisotopic (exact) mass is 248 g/mol. The van der Waals surface area contributed by atoms with E-state index < -0.39 is 30.5 Å². The lowest BCUT2D eigenvalue weighted by atomic mass is 9.89. The first-order valence-electron chi connectivity index (χ1n) is 6.15. The number of aliphatic hydroxyl groups is 3. The van der Waals surface area contributed by atoms with Crippen LogP contribution in [-0.4, -0.2) is 58.6 Å². The van der Waals surface area contributed by atoms with Crippen molar-refractivity contribution in [1.29, 1.82) is 0 Å². The van der Waals surface area contributed by atoms with Gasteiger partial charge in [0.2, 0.25) is 0 Å². The molecule has 5 nitrogen and oxygen atoms in total. The summed E-state index contributed by atoms with van der Waals surface area (Å²) in [4.78, 5) is 0. The zero-order valence-electron chi connectivity index (χ0n) is 10.9. The van der Waals surface area contributed by atoms with E-state index in [1.165, 1.54) is 0 Å². The zero-order chi connectivity index (χ0) is 13.2. The smallest absolute Gasteiger partial charge is 0.111 e. The fourth-order valence-corrected chi connectivity index (χ4v) is 1.96. The van der Waals surface area contributed by atoms with Crippen LogP contribution in [0.4, 0.5) is 0 Å². The van der Waals surface area contributed by atoms with Gasteiger partial charge in [0.1, 0.15) is 24.4 Å². The topological polar surface area (TPSA) is 79.2 Å². The van der Waals surface area contributed by atoms with Crippen LogP contribution in [0.1, 0.15) is 27.7 Å². The van der Waals surface area contributed by atoms with Crippen LogP contribution in [0.3, 0.4) is 0 Å². The molecule has 0 unspecified atom stereocenters. The average molecular weight is 248 g/mol. The number of hydrogen-bond donors (Lipinski definition) is 3. The molecular weight excluding hydrogens is 224 g/mol. The van der Waals surface area contributed by atoms with Crippen LogP contribution in [0, 0.1) is 5.92 Å². The summed E-state index contributed by atoms with van der Waals surface area (Å²) in [5, 5.41) is 29.4. The molecular formula is C12H24O5. The molecule has 0 saturated carbocycles. The molecule has 5 atom stereocenters. The van der Waals surface area contributed by atoms with Gasteiger partial charge in [-0.3, -0.25) is 0 Å². The van der Waals surface area contributed by atoms with Gasteiger partial charge in [0, 0.05) is 0 Å². The van der Waals surface area contributed by atoms with Gasteiger partial charge in [-0.15, -0.1) is 0 Å². The first-order valence-corrected chi connectivity index (χ1v) is 6.15. The molecule has 0 spiro atoms. The van der Waals surface area contributed by atoms with Gasteiger partial charge in [0.15, 0.2) is 0 Å². The van der Waals surface area contributed by atoms with E-state index in [1.54, 1.807) is 0 Å². The maximum Gasteiger partial charge on any atom is 0.111 e. The SMILES string of the molecule is CC(C)OC[C@H]1O[C@H](C(C)C)[C@H](O)[C@@H](O)[C@@H]1O. The highest BCUT2D eigenvalue weighted by molar-refractivity contribution is 4.93. The van der Waals surface area contributed by atoms with E-state index in [0.29, 0.717) is 0 Å². The highest BCUT2D eigenvalue weighted by atomic mass is 16.6. The van der Waals surface area contributed by atoms with Crippen LogP contribution in [0.5, 0.6) is 0 Å². The molecule has 5 heteroatoms. The summed E-state index contributed by atoms with van der Waals surface area (Å²) in [5.74, 6) is 0.0636. The third kappa shape index (κ3) is 3.63. The van der Waals surface area contributed by atoms with Crippen LogP contribution < -0.4 is 0 Å². The Labute approximate surface area is 102 Å². The minimum Gasteiger partial charge on any atom is -0.388 e. The van der Waals surface area contributed by atoms with Gasteiger partial charge in [-0.1, -0.05) is 13.8 Å². The van der Waals surface area contributed by atoms with E-state index in [1.807, 2.05) is 27.7 Å². The van der Waals surface area contributed by atoms with Gasteiger partial charge in [-0.2, -0.15) is 0 Å². The van der Waals surface area contributed by atoms with Crippen molar-refractivity contribution in [3.8, 4) is 0 Å². The lowest BCUT2D eigenvalue weighted by Crippen LogP contribution is -2.60. The molecule has 0 aliphatic carbocycles. The molecule has 1 fully saturated rings. The molecule has 1 saturated heterocycles. The fourth-order valence-electron chi connectivity index (χ4n) is 1.96. The second kappa shape index (κ2) is 6.11. The van der Waals surface area contributed by atoms with Crippen LogP contribution in [-0.2, 0) is 9.47 Å². The molecule has 0 radical (unpaired) electrons. The second-order valence-corrected chi connectivity index (χ2v) is 5.24. The Balaban J connectivity index is 2.64. The number of ether oxygens (including phenoxy) is 2. The minimum absolute atomic E-state index is 0.0345. The van der Waals surface area contributed by atoms with Crippen molar-refractivity contribution in [1.82, 2.24) is 0 Å².